The van der Waals surface area contributed by atoms with Gasteiger partial charge in [-0.15, -0.1) is 10.2 Å². The summed E-state index contributed by atoms with van der Waals surface area (Å²) < 4.78 is 1.76. The van der Waals surface area contributed by atoms with Gasteiger partial charge in [0, 0.05) is 23.3 Å². The van der Waals surface area contributed by atoms with Crippen molar-refractivity contribution < 1.29 is 9.72 Å². The number of aromatic nitrogens is 3. The number of hydrogen-bond donors (Lipinski definition) is 1. The van der Waals surface area contributed by atoms with Gasteiger partial charge in [-0.1, -0.05) is 23.9 Å². The smallest absolute Gasteiger partial charge is 0.269 e. The van der Waals surface area contributed by atoms with E-state index in [1.54, 1.807) is 16.7 Å². The summed E-state index contributed by atoms with van der Waals surface area (Å²) in [6.07, 6.45) is 2.09. The number of primary amides is 1. The molecule has 0 spiro atoms. The van der Waals surface area contributed by atoms with Gasteiger partial charge in [-0.05, 0) is 25.3 Å². The molecule has 2 N–H and O–H groups in total. The standard InChI is InChI=1S/C15H17N5O3S/c1-9(11-3-2-4-12(7-11)20(22)23)24-15-18-17-14(10-5-6-10)19(15)8-13(16)21/h2-4,7,9-10H,5-6,8H2,1H3,(H2,16,21)/t9-/m1/s1. The number of nitro groups is 1. The highest BCUT2D eigenvalue weighted by molar-refractivity contribution is 7.99. The molecule has 0 unspecified atom stereocenters. The molecule has 2 aromatic rings. The van der Waals surface area contributed by atoms with Crippen LogP contribution in [0.2, 0.25) is 0 Å². The fourth-order valence-corrected chi connectivity index (χ4v) is 3.42. The molecule has 1 aromatic heterocycles. The second-order valence-corrected chi connectivity index (χ2v) is 7.09. The molecule has 0 bridgehead atoms. The lowest BCUT2D eigenvalue weighted by Gasteiger charge is -2.12. The van der Waals surface area contributed by atoms with E-state index in [4.69, 9.17) is 5.73 Å². The molecule has 0 aliphatic heterocycles. The summed E-state index contributed by atoms with van der Waals surface area (Å²) in [5, 5.41) is 19.8. The van der Waals surface area contributed by atoms with Crippen LogP contribution in [0.25, 0.3) is 0 Å². The summed E-state index contributed by atoms with van der Waals surface area (Å²) in [5.74, 6) is 0.698. The lowest BCUT2D eigenvalue weighted by molar-refractivity contribution is -0.384. The predicted octanol–water partition coefficient (Wildman–Crippen LogP) is 2.40. The molecule has 9 heteroatoms. The Hall–Kier alpha value is -2.42. The van der Waals surface area contributed by atoms with Crippen LogP contribution < -0.4 is 5.73 Å². The van der Waals surface area contributed by atoms with Crippen molar-refractivity contribution in [3.05, 3.63) is 45.8 Å². The topological polar surface area (TPSA) is 117 Å². The number of carbonyl (C=O) groups is 1. The highest BCUT2D eigenvalue weighted by Crippen LogP contribution is 2.41. The number of nitrogens with two attached hydrogens (primary N) is 1. The first kappa shape index (κ1) is 16.4. The van der Waals surface area contributed by atoms with Crippen LogP contribution >= 0.6 is 11.8 Å². The molecule has 1 fully saturated rings. The van der Waals surface area contributed by atoms with Crippen LogP contribution in [-0.4, -0.2) is 25.6 Å². The van der Waals surface area contributed by atoms with Crippen LogP contribution in [0.5, 0.6) is 0 Å². The van der Waals surface area contributed by atoms with E-state index in [-0.39, 0.29) is 17.5 Å². The Morgan fingerprint density at radius 3 is 2.88 bits per heavy atom. The van der Waals surface area contributed by atoms with E-state index >= 15 is 0 Å². The zero-order valence-electron chi connectivity index (χ0n) is 13.1. The van der Waals surface area contributed by atoms with Gasteiger partial charge in [0.2, 0.25) is 5.91 Å². The van der Waals surface area contributed by atoms with Crippen molar-refractivity contribution in [2.75, 3.05) is 0 Å². The average molecular weight is 347 g/mol. The maximum Gasteiger partial charge on any atom is 0.269 e. The van der Waals surface area contributed by atoms with Crippen molar-refractivity contribution >= 4 is 23.4 Å². The van der Waals surface area contributed by atoms with Gasteiger partial charge in [-0.2, -0.15) is 0 Å². The molecule has 0 saturated heterocycles. The van der Waals surface area contributed by atoms with Crippen LogP contribution in [0.1, 0.15) is 42.3 Å². The third-order valence-corrected chi connectivity index (χ3v) is 4.97. The number of thioether (sulfide) groups is 1. The fraction of sp³-hybridized carbons (Fsp3) is 0.400. The van der Waals surface area contributed by atoms with Crippen molar-refractivity contribution in [2.45, 2.75) is 42.6 Å². The molecule has 1 aliphatic rings. The molecule has 24 heavy (non-hydrogen) atoms. The predicted molar refractivity (Wildman–Crippen MR) is 88.6 cm³/mol. The molecule has 1 amide bonds. The summed E-state index contributed by atoms with van der Waals surface area (Å²) in [6.45, 7) is 1.98. The largest absolute Gasteiger partial charge is 0.368 e. The maximum absolute atomic E-state index is 11.4. The van der Waals surface area contributed by atoms with E-state index in [0.29, 0.717) is 11.1 Å². The van der Waals surface area contributed by atoms with Gasteiger partial charge in [-0.3, -0.25) is 19.5 Å². The van der Waals surface area contributed by atoms with Crippen molar-refractivity contribution in [1.82, 2.24) is 14.8 Å². The molecule has 1 aliphatic carbocycles. The van der Waals surface area contributed by atoms with E-state index in [9.17, 15) is 14.9 Å². The summed E-state index contributed by atoms with van der Waals surface area (Å²) in [7, 11) is 0. The normalized spacial score (nSPS) is 15.2. The Bertz CT molecular complexity index is 787. The van der Waals surface area contributed by atoms with Crippen LogP contribution in [0.15, 0.2) is 29.4 Å². The van der Waals surface area contributed by atoms with Crippen molar-refractivity contribution in [3.63, 3.8) is 0 Å². The number of amides is 1. The van der Waals surface area contributed by atoms with Crippen molar-refractivity contribution in [2.24, 2.45) is 5.73 Å². The molecule has 126 valence electrons. The van der Waals surface area contributed by atoms with Gasteiger partial charge in [-0.25, -0.2) is 0 Å². The van der Waals surface area contributed by atoms with Crippen molar-refractivity contribution in [1.29, 1.82) is 0 Å². The number of nitrogens with zero attached hydrogens (tertiary/aromatic N) is 4. The second-order valence-electron chi connectivity index (χ2n) is 5.78. The second kappa shape index (κ2) is 6.60. The molecule has 1 atom stereocenters. The number of hydrogen-bond acceptors (Lipinski definition) is 6. The monoisotopic (exact) mass is 347 g/mol. The first-order valence-corrected chi connectivity index (χ1v) is 8.46. The first-order chi connectivity index (χ1) is 11.5. The quantitative estimate of drug-likeness (QED) is 0.467. The van der Waals surface area contributed by atoms with Crippen LogP contribution in [-0.2, 0) is 11.3 Å². The Morgan fingerprint density at radius 1 is 1.50 bits per heavy atom. The van der Waals surface area contributed by atoms with Gasteiger partial charge in [0.15, 0.2) is 5.16 Å². The molecule has 3 rings (SSSR count). The number of benzene rings is 1. The van der Waals surface area contributed by atoms with E-state index < -0.39 is 10.8 Å². The van der Waals surface area contributed by atoms with Gasteiger partial charge < -0.3 is 5.73 Å². The number of rotatable bonds is 7. The zero-order chi connectivity index (χ0) is 17.3. The highest BCUT2D eigenvalue weighted by atomic mass is 32.2. The lowest BCUT2D eigenvalue weighted by Crippen LogP contribution is -2.20. The van der Waals surface area contributed by atoms with E-state index in [1.807, 2.05) is 13.0 Å². The summed E-state index contributed by atoms with van der Waals surface area (Å²) in [5.41, 5.74) is 6.21. The number of non-ortho nitro benzene ring substituents is 1. The van der Waals surface area contributed by atoms with E-state index in [2.05, 4.69) is 10.2 Å². The minimum absolute atomic E-state index is 0.0445. The SMILES string of the molecule is C[C@@H](Sc1nnc(C2CC2)n1CC(N)=O)c1cccc([N+](=O)[O-])c1. The van der Waals surface area contributed by atoms with E-state index in [0.717, 1.165) is 24.2 Å². The van der Waals surface area contributed by atoms with Gasteiger partial charge >= 0.3 is 0 Å². The Morgan fingerprint density at radius 2 is 2.25 bits per heavy atom. The molecule has 0 radical (unpaired) electrons. The molecular weight excluding hydrogens is 330 g/mol. The Balaban J connectivity index is 1.83. The summed E-state index contributed by atoms with van der Waals surface area (Å²) in [6, 6.07) is 6.51. The lowest BCUT2D eigenvalue weighted by atomic mass is 10.1. The average Bonchev–Trinajstić information content (AvgIpc) is 3.31. The third-order valence-electron chi connectivity index (χ3n) is 3.83. The Labute approximate surface area is 142 Å². The first-order valence-electron chi connectivity index (χ1n) is 7.58. The number of nitro benzene ring substituents is 1. The van der Waals surface area contributed by atoms with Crippen LogP contribution in [0.4, 0.5) is 5.69 Å². The van der Waals surface area contributed by atoms with Crippen LogP contribution in [0.3, 0.4) is 0 Å². The third kappa shape index (κ3) is 3.56. The van der Waals surface area contributed by atoms with Gasteiger partial charge in [0.05, 0.1) is 4.92 Å². The summed E-state index contributed by atoms with van der Waals surface area (Å²) in [4.78, 5) is 21.9. The highest BCUT2D eigenvalue weighted by Gasteiger charge is 2.31. The fourth-order valence-electron chi connectivity index (χ4n) is 2.45. The molecule has 1 aromatic carbocycles. The van der Waals surface area contributed by atoms with E-state index in [1.165, 1.54) is 17.8 Å². The summed E-state index contributed by atoms with van der Waals surface area (Å²) >= 11 is 1.41. The molecular formula is C15H17N5O3S. The van der Waals surface area contributed by atoms with Gasteiger partial charge in [0.1, 0.15) is 12.4 Å². The van der Waals surface area contributed by atoms with Crippen LogP contribution in [0, 0.1) is 10.1 Å². The zero-order valence-corrected chi connectivity index (χ0v) is 13.9. The number of carbonyl (C=O) groups excluding carboxylic acids is 1. The minimum Gasteiger partial charge on any atom is -0.368 e. The minimum atomic E-state index is -0.443. The van der Waals surface area contributed by atoms with Crippen molar-refractivity contribution in [3.8, 4) is 0 Å². The molecule has 1 heterocycles. The Kier molecular flexibility index (Phi) is 4.52. The maximum atomic E-state index is 11.4. The molecule has 1 saturated carbocycles. The van der Waals surface area contributed by atoms with Gasteiger partial charge in [0.25, 0.3) is 5.69 Å². The molecule has 8 nitrogen and oxygen atoms in total.